The Morgan fingerprint density at radius 2 is 1.64 bits per heavy atom. The molecule has 0 bridgehead atoms. The van der Waals surface area contributed by atoms with Gasteiger partial charge in [-0.25, -0.2) is 0 Å². The molecule has 0 amide bonds. The van der Waals surface area contributed by atoms with Crippen molar-refractivity contribution in [1.29, 1.82) is 0 Å². The summed E-state index contributed by atoms with van der Waals surface area (Å²) in [6.45, 7) is 5.63. The third-order valence-electron chi connectivity index (χ3n) is 7.28. The van der Waals surface area contributed by atoms with E-state index in [1.165, 1.54) is 18.2 Å². The molecule has 4 nitrogen and oxygen atoms in total. The number of nitrogens with zero attached hydrogens (tertiary/aromatic N) is 1. The van der Waals surface area contributed by atoms with E-state index in [4.69, 9.17) is 4.74 Å². The van der Waals surface area contributed by atoms with Crippen LogP contribution in [0.1, 0.15) is 69.5 Å². The molecule has 2 fully saturated rings. The maximum atomic E-state index is 14.1. The second kappa shape index (κ2) is 9.53. The van der Waals surface area contributed by atoms with Crippen LogP contribution in [0.15, 0.2) is 30.3 Å². The van der Waals surface area contributed by atoms with E-state index in [2.05, 4.69) is 13.8 Å². The maximum Gasteiger partial charge on any atom is 0.420 e. The zero-order chi connectivity index (χ0) is 23.8. The number of carbonyl (C=O) groups is 1. The molecule has 2 aromatic rings. The highest BCUT2D eigenvalue weighted by Gasteiger charge is 2.38. The van der Waals surface area contributed by atoms with E-state index in [-0.39, 0.29) is 17.2 Å². The summed E-state index contributed by atoms with van der Waals surface area (Å²) >= 11 is 0. The van der Waals surface area contributed by atoms with Gasteiger partial charge in [-0.1, -0.05) is 32.0 Å². The fraction of sp³-hybridized carbons (Fsp3) is 0.577. The molecule has 1 unspecified atom stereocenters. The summed E-state index contributed by atoms with van der Waals surface area (Å²) < 4.78 is 48.2. The molecule has 0 aromatic heterocycles. The zero-order valence-electron chi connectivity index (χ0n) is 19.2. The highest BCUT2D eigenvalue weighted by Crippen LogP contribution is 2.43. The quantitative estimate of drug-likeness (QED) is 0.538. The number of ether oxygens (including phenoxy) is 1. The SMILES string of the molecule is CC1CCC(Oc2ccc3cc(C(C(=O)O)N4CCC(C)CC4)ccc3c2C(F)(F)F)CC1. The summed E-state index contributed by atoms with van der Waals surface area (Å²) in [7, 11) is 0. The van der Waals surface area contributed by atoms with Crippen LogP contribution in [-0.2, 0) is 11.0 Å². The minimum absolute atomic E-state index is 0.0457. The van der Waals surface area contributed by atoms with Gasteiger partial charge in [0.1, 0.15) is 17.4 Å². The number of hydrogen-bond acceptors (Lipinski definition) is 3. The van der Waals surface area contributed by atoms with Crippen LogP contribution in [-0.4, -0.2) is 35.2 Å². The van der Waals surface area contributed by atoms with Crippen LogP contribution in [0, 0.1) is 11.8 Å². The first-order valence-electron chi connectivity index (χ1n) is 11.9. The maximum absolute atomic E-state index is 14.1. The topological polar surface area (TPSA) is 49.8 Å². The van der Waals surface area contributed by atoms with Gasteiger partial charge in [-0.15, -0.1) is 0 Å². The largest absolute Gasteiger partial charge is 0.490 e. The van der Waals surface area contributed by atoms with Crippen molar-refractivity contribution in [3.05, 3.63) is 41.5 Å². The van der Waals surface area contributed by atoms with Crippen LogP contribution in [0.2, 0.25) is 0 Å². The number of piperidine rings is 1. The third kappa shape index (κ3) is 5.29. The third-order valence-corrected chi connectivity index (χ3v) is 7.28. The second-order valence-corrected chi connectivity index (χ2v) is 9.88. The summed E-state index contributed by atoms with van der Waals surface area (Å²) in [6.07, 6.45) is 0.453. The molecule has 0 radical (unpaired) electrons. The monoisotopic (exact) mass is 463 g/mol. The lowest BCUT2D eigenvalue weighted by atomic mass is 9.89. The van der Waals surface area contributed by atoms with E-state index in [0.717, 1.165) is 38.5 Å². The number of halogens is 3. The van der Waals surface area contributed by atoms with Gasteiger partial charge in [0.2, 0.25) is 0 Å². The summed E-state index contributed by atoms with van der Waals surface area (Å²) in [5.74, 6) is 0.00762. The standard InChI is InChI=1S/C26H32F3NO3/c1-16-3-7-20(8-4-16)33-22-10-6-18-15-19(5-9-21(18)23(22)26(27,28)29)24(25(31)32)30-13-11-17(2)12-14-30/h5-6,9-10,15-17,20,24H,3-4,7-8,11-14H2,1-2H3,(H,31,32). The number of benzene rings is 2. The van der Waals surface area contributed by atoms with Crippen LogP contribution >= 0.6 is 0 Å². The minimum Gasteiger partial charge on any atom is -0.490 e. The van der Waals surface area contributed by atoms with Crippen molar-refractivity contribution in [2.75, 3.05) is 13.1 Å². The highest BCUT2D eigenvalue weighted by atomic mass is 19.4. The molecule has 1 saturated heterocycles. The molecule has 1 aliphatic heterocycles. The van der Waals surface area contributed by atoms with Crippen LogP contribution in [0.4, 0.5) is 13.2 Å². The highest BCUT2D eigenvalue weighted by molar-refractivity contribution is 5.90. The molecular formula is C26H32F3NO3. The van der Waals surface area contributed by atoms with E-state index < -0.39 is 23.8 Å². The van der Waals surface area contributed by atoms with E-state index in [1.54, 1.807) is 12.1 Å². The number of aliphatic carboxylic acids is 1. The molecule has 4 rings (SSSR count). The number of fused-ring (bicyclic) bond motifs is 1. The van der Waals surface area contributed by atoms with E-state index in [0.29, 0.717) is 35.9 Å². The van der Waals surface area contributed by atoms with Gasteiger partial charge in [-0.3, -0.25) is 9.69 Å². The number of alkyl halides is 3. The normalized spacial score (nSPS) is 24.0. The number of carboxylic acid groups (broad SMARTS) is 1. The van der Waals surface area contributed by atoms with Crippen molar-refractivity contribution in [2.24, 2.45) is 11.8 Å². The predicted molar refractivity (Wildman–Crippen MR) is 121 cm³/mol. The Morgan fingerprint density at radius 3 is 2.24 bits per heavy atom. The Kier molecular flexibility index (Phi) is 6.89. The fourth-order valence-electron chi connectivity index (χ4n) is 5.21. The number of carboxylic acids is 1. The molecule has 180 valence electrons. The minimum atomic E-state index is -4.58. The van der Waals surface area contributed by atoms with Gasteiger partial charge in [0.15, 0.2) is 0 Å². The molecule has 1 N–H and O–H groups in total. The van der Waals surface area contributed by atoms with Crippen molar-refractivity contribution >= 4 is 16.7 Å². The van der Waals surface area contributed by atoms with Crippen molar-refractivity contribution < 1.29 is 27.8 Å². The van der Waals surface area contributed by atoms with Gasteiger partial charge in [-0.2, -0.15) is 13.2 Å². The summed E-state index contributed by atoms with van der Waals surface area (Å²) in [6, 6.07) is 6.67. The van der Waals surface area contributed by atoms with Gasteiger partial charge >= 0.3 is 12.1 Å². The van der Waals surface area contributed by atoms with Gasteiger partial charge in [0.05, 0.1) is 6.10 Å². The lowest BCUT2D eigenvalue weighted by Crippen LogP contribution is -2.39. The average molecular weight is 464 g/mol. The summed E-state index contributed by atoms with van der Waals surface area (Å²) in [4.78, 5) is 14.0. The van der Waals surface area contributed by atoms with Crippen LogP contribution in [0.5, 0.6) is 5.75 Å². The molecule has 1 saturated carbocycles. The molecule has 33 heavy (non-hydrogen) atoms. The summed E-state index contributed by atoms with van der Waals surface area (Å²) in [5.41, 5.74) is -0.267. The Balaban J connectivity index is 1.68. The first-order valence-corrected chi connectivity index (χ1v) is 11.9. The Hall–Kier alpha value is -2.28. The molecule has 1 aliphatic carbocycles. The molecule has 1 heterocycles. The van der Waals surface area contributed by atoms with Crippen LogP contribution < -0.4 is 4.74 Å². The molecule has 7 heteroatoms. The van der Waals surface area contributed by atoms with Gasteiger partial charge in [0.25, 0.3) is 0 Å². The lowest BCUT2D eigenvalue weighted by Gasteiger charge is -2.34. The molecule has 2 aromatic carbocycles. The molecule has 0 spiro atoms. The Morgan fingerprint density at radius 1 is 1.00 bits per heavy atom. The van der Waals surface area contributed by atoms with Gasteiger partial charge in [0, 0.05) is 0 Å². The Bertz CT molecular complexity index is 990. The zero-order valence-corrected chi connectivity index (χ0v) is 19.2. The van der Waals surface area contributed by atoms with E-state index in [9.17, 15) is 23.1 Å². The first-order chi connectivity index (χ1) is 15.6. The lowest BCUT2D eigenvalue weighted by molar-refractivity contribution is -0.144. The number of rotatable bonds is 5. The Labute approximate surface area is 192 Å². The van der Waals surface area contributed by atoms with Crippen molar-refractivity contribution in [3.8, 4) is 5.75 Å². The smallest absolute Gasteiger partial charge is 0.420 e. The molecule has 1 atom stereocenters. The molecular weight excluding hydrogens is 431 g/mol. The van der Waals surface area contributed by atoms with E-state index >= 15 is 0 Å². The van der Waals surface area contributed by atoms with Crippen LogP contribution in [0.25, 0.3) is 10.8 Å². The molecule has 2 aliphatic rings. The van der Waals surface area contributed by atoms with Gasteiger partial charge in [-0.05, 0) is 91.9 Å². The average Bonchev–Trinajstić information content (AvgIpc) is 2.75. The van der Waals surface area contributed by atoms with Crippen molar-refractivity contribution in [3.63, 3.8) is 0 Å². The van der Waals surface area contributed by atoms with Crippen molar-refractivity contribution in [2.45, 2.75) is 70.7 Å². The van der Waals surface area contributed by atoms with E-state index in [1.807, 2.05) is 4.90 Å². The summed E-state index contributed by atoms with van der Waals surface area (Å²) in [5, 5.41) is 10.3. The fourth-order valence-corrected chi connectivity index (χ4v) is 5.21. The predicted octanol–water partition coefficient (Wildman–Crippen LogP) is 6.67. The van der Waals surface area contributed by atoms with Gasteiger partial charge < -0.3 is 9.84 Å². The number of likely N-dealkylation sites (tertiary alicyclic amines) is 1. The first kappa shape index (κ1) is 23.9. The van der Waals surface area contributed by atoms with Crippen molar-refractivity contribution in [1.82, 2.24) is 4.90 Å². The van der Waals surface area contributed by atoms with Crippen LogP contribution in [0.3, 0.4) is 0 Å². The number of hydrogen-bond donors (Lipinski definition) is 1. The second-order valence-electron chi connectivity index (χ2n) is 9.88.